The number of ether oxygens (including phenoxy) is 1. The van der Waals surface area contributed by atoms with Gasteiger partial charge in [0, 0.05) is 17.5 Å². The van der Waals surface area contributed by atoms with Gasteiger partial charge in [0.1, 0.15) is 11.8 Å². The quantitative estimate of drug-likeness (QED) is 0.625. The molecule has 1 atom stereocenters. The maximum absolute atomic E-state index is 12.6. The van der Waals surface area contributed by atoms with Crippen molar-refractivity contribution < 1.29 is 9.53 Å². The van der Waals surface area contributed by atoms with Crippen LogP contribution in [0.1, 0.15) is 19.4 Å². The molecule has 0 radical (unpaired) electrons. The van der Waals surface area contributed by atoms with Gasteiger partial charge >= 0.3 is 0 Å². The molecule has 0 unspecified atom stereocenters. The lowest BCUT2D eigenvalue weighted by atomic mass is 10.1. The highest BCUT2D eigenvalue weighted by Gasteiger charge is 2.27. The lowest BCUT2D eigenvalue weighted by molar-refractivity contribution is -0.121. The number of anilines is 2. The number of thiazole rings is 1. The van der Waals surface area contributed by atoms with Crippen LogP contribution in [-0.2, 0) is 4.79 Å². The first-order valence-electron chi connectivity index (χ1n) is 9.27. The van der Waals surface area contributed by atoms with Gasteiger partial charge in [-0.3, -0.25) is 4.79 Å². The molecule has 2 aromatic carbocycles. The minimum Gasteiger partial charge on any atom is -0.495 e. The topological polar surface area (TPSA) is 54.5 Å². The van der Waals surface area contributed by atoms with Gasteiger partial charge in [-0.2, -0.15) is 0 Å². The molecule has 1 aromatic heterocycles. The van der Waals surface area contributed by atoms with Crippen LogP contribution in [0.15, 0.2) is 53.9 Å². The Kier molecular flexibility index (Phi) is 6.31. The summed E-state index contributed by atoms with van der Waals surface area (Å²) in [4.78, 5) is 19.4. The molecule has 0 bridgehead atoms. The molecule has 0 spiro atoms. The zero-order valence-electron chi connectivity index (χ0n) is 16.6. The van der Waals surface area contributed by atoms with Crippen molar-refractivity contribution in [1.82, 2.24) is 10.3 Å². The minimum atomic E-state index is -0.437. The van der Waals surface area contributed by atoms with Gasteiger partial charge in [0.2, 0.25) is 5.91 Å². The number of amides is 1. The molecule has 6 heteroatoms. The normalized spacial score (nSPS) is 11.7. The fourth-order valence-electron chi connectivity index (χ4n) is 2.98. The summed E-state index contributed by atoms with van der Waals surface area (Å²) >= 11 is 1.51. The second kappa shape index (κ2) is 8.89. The van der Waals surface area contributed by atoms with Crippen molar-refractivity contribution >= 4 is 28.1 Å². The van der Waals surface area contributed by atoms with E-state index in [4.69, 9.17) is 9.72 Å². The monoisotopic (exact) mass is 395 g/mol. The van der Waals surface area contributed by atoms with E-state index in [9.17, 15) is 4.79 Å². The van der Waals surface area contributed by atoms with Crippen LogP contribution in [0.5, 0.6) is 5.75 Å². The number of rotatable bonds is 7. The molecule has 146 valence electrons. The average molecular weight is 396 g/mol. The molecule has 0 saturated carbocycles. The number of benzene rings is 2. The van der Waals surface area contributed by atoms with Crippen LogP contribution in [0.2, 0.25) is 0 Å². The number of aryl methyl sites for hydroxylation is 1. The first-order chi connectivity index (χ1) is 13.5. The summed E-state index contributed by atoms with van der Waals surface area (Å²) in [7, 11) is 1.63. The molecule has 28 heavy (non-hydrogen) atoms. The number of aromatic nitrogens is 1. The highest BCUT2D eigenvalue weighted by molar-refractivity contribution is 7.14. The van der Waals surface area contributed by atoms with E-state index in [1.165, 1.54) is 16.9 Å². The zero-order valence-corrected chi connectivity index (χ0v) is 17.4. The van der Waals surface area contributed by atoms with E-state index >= 15 is 0 Å². The van der Waals surface area contributed by atoms with Crippen molar-refractivity contribution in [3.63, 3.8) is 0 Å². The lowest BCUT2D eigenvalue weighted by Gasteiger charge is -2.29. The SMILES string of the molecule is CCNC(=O)[C@H](C)N(c1nc(-c2ccc(C)cc2)cs1)c1ccccc1OC. The Hall–Kier alpha value is -2.86. The minimum absolute atomic E-state index is 0.0551. The van der Waals surface area contributed by atoms with Crippen LogP contribution in [0.3, 0.4) is 0 Å². The standard InChI is InChI=1S/C22H25N3O2S/c1-5-23-21(26)16(3)25(19-8-6-7-9-20(19)27-4)22-24-18(14-28-22)17-12-10-15(2)11-13-17/h6-14,16H,5H2,1-4H3,(H,23,26)/t16-/m0/s1. The van der Waals surface area contributed by atoms with Crippen molar-refractivity contribution in [2.45, 2.75) is 26.8 Å². The highest BCUT2D eigenvalue weighted by Crippen LogP contribution is 2.38. The molecule has 0 fully saturated rings. The van der Waals surface area contributed by atoms with Crippen molar-refractivity contribution in [2.75, 3.05) is 18.6 Å². The van der Waals surface area contributed by atoms with Crippen molar-refractivity contribution in [3.8, 4) is 17.0 Å². The van der Waals surface area contributed by atoms with Gasteiger partial charge in [0.25, 0.3) is 0 Å². The second-order valence-corrected chi connectivity index (χ2v) is 7.33. The van der Waals surface area contributed by atoms with Crippen molar-refractivity contribution in [2.24, 2.45) is 0 Å². The van der Waals surface area contributed by atoms with Gasteiger partial charge in [-0.1, -0.05) is 42.0 Å². The maximum atomic E-state index is 12.6. The van der Waals surface area contributed by atoms with Gasteiger partial charge in [0.05, 0.1) is 18.5 Å². The zero-order chi connectivity index (χ0) is 20.1. The van der Waals surface area contributed by atoms with Crippen LogP contribution < -0.4 is 15.0 Å². The number of nitrogens with one attached hydrogen (secondary N) is 1. The Bertz CT molecular complexity index is 937. The Balaban J connectivity index is 2.04. The first kappa shape index (κ1) is 19.9. The Morgan fingerprint density at radius 2 is 1.93 bits per heavy atom. The average Bonchev–Trinajstić information content (AvgIpc) is 3.19. The fourth-order valence-corrected chi connectivity index (χ4v) is 3.90. The summed E-state index contributed by atoms with van der Waals surface area (Å²) in [6, 6.07) is 15.5. The molecule has 1 N–H and O–H groups in total. The van der Waals surface area contributed by atoms with Gasteiger partial charge in [0.15, 0.2) is 5.13 Å². The number of hydrogen-bond acceptors (Lipinski definition) is 5. The van der Waals surface area contributed by atoms with Gasteiger partial charge in [-0.25, -0.2) is 4.98 Å². The lowest BCUT2D eigenvalue weighted by Crippen LogP contribution is -2.43. The molecular formula is C22H25N3O2S. The van der Waals surface area contributed by atoms with Crippen LogP contribution in [-0.4, -0.2) is 30.6 Å². The number of carbonyl (C=O) groups excluding carboxylic acids is 1. The van der Waals surface area contributed by atoms with E-state index in [0.29, 0.717) is 12.3 Å². The van der Waals surface area contributed by atoms with E-state index in [0.717, 1.165) is 22.1 Å². The molecule has 3 rings (SSSR count). The number of carbonyl (C=O) groups is 1. The predicted octanol–water partition coefficient (Wildman–Crippen LogP) is 4.79. The molecule has 5 nitrogen and oxygen atoms in total. The fraction of sp³-hybridized carbons (Fsp3) is 0.273. The van der Waals surface area contributed by atoms with E-state index in [2.05, 4.69) is 36.5 Å². The van der Waals surface area contributed by atoms with Gasteiger partial charge < -0.3 is 15.0 Å². The molecule has 0 saturated heterocycles. The predicted molar refractivity (Wildman–Crippen MR) is 116 cm³/mol. The van der Waals surface area contributed by atoms with Crippen LogP contribution in [0.25, 0.3) is 11.3 Å². The number of hydrogen-bond donors (Lipinski definition) is 1. The van der Waals surface area contributed by atoms with Crippen LogP contribution in [0.4, 0.5) is 10.8 Å². The number of methoxy groups -OCH3 is 1. The summed E-state index contributed by atoms with van der Waals surface area (Å²) in [5.41, 5.74) is 3.97. The van der Waals surface area contributed by atoms with E-state index < -0.39 is 6.04 Å². The third-order valence-electron chi connectivity index (χ3n) is 4.51. The molecule has 1 heterocycles. The maximum Gasteiger partial charge on any atom is 0.242 e. The Labute approximate surface area is 170 Å². The summed E-state index contributed by atoms with van der Waals surface area (Å²) in [5, 5.41) is 5.67. The number of para-hydroxylation sites is 2. The highest BCUT2D eigenvalue weighted by atomic mass is 32.1. The third-order valence-corrected chi connectivity index (χ3v) is 5.35. The molecule has 1 amide bonds. The molecular weight excluding hydrogens is 370 g/mol. The van der Waals surface area contributed by atoms with Crippen molar-refractivity contribution in [1.29, 1.82) is 0 Å². The Morgan fingerprint density at radius 3 is 2.61 bits per heavy atom. The summed E-state index contributed by atoms with van der Waals surface area (Å²) in [6.45, 7) is 6.43. The molecule has 0 aliphatic rings. The van der Waals surface area contributed by atoms with E-state index in [1.807, 2.05) is 48.4 Å². The summed E-state index contributed by atoms with van der Waals surface area (Å²) in [6.07, 6.45) is 0. The number of nitrogens with zero attached hydrogens (tertiary/aromatic N) is 2. The number of likely N-dealkylation sites (N-methyl/N-ethyl adjacent to an activating group) is 1. The molecule has 0 aliphatic heterocycles. The molecule has 3 aromatic rings. The van der Waals surface area contributed by atoms with Crippen molar-refractivity contribution in [3.05, 3.63) is 59.5 Å². The van der Waals surface area contributed by atoms with Crippen LogP contribution in [0, 0.1) is 6.92 Å². The largest absolute Gasteiger partial charge is 0.495 e. The second-order valence-electron chi connectivity index (χ2n) is 6.49. The van der Waals surface area contributed by atoms with E-state index in [1.54, 1.807) is 7.11 Å². The summed E-state index contributed by atoms with van der Waals surface area (Å²) in [5.74, 6) is 0.645. The van der Waals surface area contributed by atoms with Crippen LogP contribution >= 0.6 is 11.3 Å². The van der Waals surface area contributed by atoms with Gasteiger partial charge in [-0.05, 0) is 32.9 Å². The first-order valence-corrected chi connectivity index (χ1v) is 10.2. The third kappa shape index (κ3) is 4.17. The summed E-state index contributed by atoms with van der Waals surface area (Å²) < 4.78 is 5.55. The van der Waals surface area contributed by atoms with E-state index in [-0.39, 0.29) is 5.91 Å². The smallest absolute Gasteiger partial charge is 0.242 e. The molecule has 0 aliphatic carbocycles. The Morgan fingerprint density at radius 1 is 1.21 bits per heavy atom. The van der Waals surface area contributed by atoms with Gasteiger partial charge in [-0.15, -0.1) is 11.3 Å².